The molecule has 1 saturated carbocycles. The Morgan fingerprint density at radius 2 is 2.12 bits per heavy atom. The van der Waals surface area contributed by atoms with Gasteiger partial charge in [-0.15, -0.1) is 0 Å². The molecule has 0 unspecified atom stereocenters. The summed E-state index contributed by atoms with van der Waals surface area (Å²) in [5.41, 5.74) is 3.34. The largest absolute Gasteiger partial charge is 0.325 e. The number of nitrogens with one attached hydrogen (secondary N) is 2. The number of pyridine rings is 1. The van der Waals surface area contributed by atoms with Gasteiger partial charge < -0.3 is 15.5 Å². The van der Waals surface area contributed by atoms with E-state index < -0.39 is 0 Å². The van der Waals surface area contributed by atoms with Crippen LogP contribution in [0.25, 0.3) is 0 Å². The minimum absolute atomic E-state index is 0.0353. The molecule has 2 heterocycles. The van der Waals surface area contributed by atoms with Crippen LogP contribution in [0.5, 0.6) is 0 Å². The van der Waals surface area contributed by atoms with Crippen LogP contribution in [0.15, 0.2) is 42.7 Å². The predicted molar refractivity (Wildman–Crippen MR) is 100 cm³/mol. The predicted octanol–water partition coefficient (Wildman–Crippen LogP) is 2.22. The van der Waals surface area contributed by atoms with Crippen LogP contribution >= 0.6 is 0 Å². The van der Waals surface area contributed by atoms with Crippen molar-refractivity contribution < 1.29 is 9.59 Å². The molecule has 4 rings (SSSR count). The smallest absolute Gasteiger partial charge is 0.259 e. The molecule has 1 fully saturated rings. The third-order valence-electron chi connectivity index (χ3n) is 4.83. The summed E-state index contributed by atoms with van der Waals surface area (Å²) in [7, 11) is 0. The van der Waals surface area contributed by atoms with Crippen molar-refractivity contribution in [3.05, 3.63) is 53.9 Å². The highest BCUT2D eigenvalue weighted by molar-refractivity contribution is 6.07. The van der Waals surface area contributed by atoms with Gasteiger partial charge in [0.25, 0.3) is 5.91 Å². The molecule has 2 aliphatic rings. The highest BCUT2D eigenvalue weighted by Gasteiger charge is 2.26. The monoisotopic (exact) mass is 350 g/mol. The zero-order valence-electron chi connectivity index (χ0n) is 14.6. The molecular formula is C20H22N4O2. The number of carbonyl (C=O) groups is 2. The number of carbonyl (C=O) groups excluding carboxylic acids is 2. The number of rotatable bonds is 6. The van der Waals surface area contributed by atoms with Crippen LogP contribution in [0.1, 0.15) is 28.8 Å². The maximum Gasteiger partial charge on any atom is 0.259 e. The fourth-order valence-corrected chi connectivity index (χ4v) is 3.25. The lowest BCUT2D eigenvalue weighted by molar-refractivity contribution is -0.115. The maximum atomic E-state index is 12.7. The number of hydrogen-bond donors (Lipinski definition) is 2. The highest BCUT2D eigenvalue weighted by atomic mass is 16.2. The van der Waals surface area contributed by atoms with Crippen molar-refractivity contribution in [1.82, 2.24) is 10.3 Å². The van der Waals surface area contributed by atoms with Gasteiger partial charge >= 0.3 is 0 Å². The lowest BCUT2D eigenvalue weighted by Gasteiger charge is -2.17. The lowest BCUT2D eigenvalue weighted by atomic mass is 10.1. The fourth-order valence-electron chi connectivity index (χ4n) is 3.25. The highest BCUT2D eigenvalue weighted by Crippen LogP contribution is 2.31. The van der Waals surface area contributed by atoms with E-state index in [0.29, 0.717) is 18.7 Å². The Hall–Kier alpha value is -2.73. The van der Waals surface area contributed by atoms with E-state index in [1.807, 2.05) is 18.2 Å². The third kappa shape index (κ3) is 3.75. The summed E-state index contributed by atoms with van der Waals surface area (Å²) in [4.78, 5) is 30.5. The van der Waals surface area contributed by atoms with Crippen molar-refractivity contribution in [3.63, 3.8) is 0 Å². The van der Waals surface area contributed by atoms with Gasteiger partial charge in [-0.1, -0.05) is 0 Å². The average Bonchev–Trinajstić information content (AvgIpc) is 3.39. The van der Waals surface area contributed by atoms with Gasteiger partial charge in [-0.05, 0) is 67.6 Å². The van der Waals surface area contributed by atoms with Crippen molar-refractivity contribution in [2.45, 2.75) is 19.3 Å². The second-order valence-electron chi connectivity index (χ2n) is 6.91. The maximum absolute atomic E-state index is 12.7. The average molecular weight is 350 g/mol. The SMILES string of the molecule is O=C(CNCC1CC1)Nc1ccc2c(c1)CCN2C(=O)c1cccnc1. The molecule has 0 atom stereocenters. The van der Waals surface area contributed by atoms with E-state index in [-0.39, 0.29) is 11.8 Å². The van der Waals surface area contributed by atoms with Gasteiger partial charge in [0.1, 0.15) is 0 Å². The number of aromatic nitrogens is 1. The molecule has 2 aromatic rings. The van der Waals surface area contributed by atoms with Gasteiger partial charge in [0.05, 0.1) is 12.1 Å². The molecule has 0 spiro atoms. The number of fused-ring (bicyclic) bond motifs is 1. The zero-order valence-corrected chi connectivity index (χ0v) is 14.6. The minimum Gasteiger partial charge on any atom is -0.325 e. The molecule has 0 radical (unpaired) electrons. The summed E-state index contributed by atoms with van der Waals surface area (Å²) in [6, 6.07) is 9.26. The Morgan fingerprint density at radius 3 is 2.88 bits per heavy atom. The molecule has 0 saturated heterocycles. The van der Waals surface area contributed by atoms with Crippen molar-refractivity contribution in [3.8, 4) is 0 Å². The molecule has 6 nitrogen and oxygen atoms in total. The number of amides is 2. The van der Waals surface area contributed by atoms with Gasteiger partial charge in [-0.25, -0.2) is 0 Å². The fraction of sp³-hybridized carbons (Fsp3) is 0.350. The van der Waals surface area contributed by atoms with E-state index in [2.05, 4.69) is 15.6 Å². The summed E-state index contributed by atoms with van der Waals surface area (Å²) in [6.45, 7) is 1.89. The van der Waals surface area contributed by atoms with Gasteiger partial charge in [0, 0.05) is 30.3 Å². The molecule has 1 aromatic heterocycles. The Balaban J connectivity index is 1.39. The second kappa shape index (κ2) is 7.25. The molecule has 1 aromatic carbocycles. The normalized spacial score (nSPS) is 15.6. The Labute approximate surface area is 152 Å². The molecule has 1 aliphatic heterocycles. The van der Waals surface area contributed by atoms with Crippen LogP contribution < -0.4 is 15.5 Å². The first-order valence-electron chi connectivity index (χ1n) is 9.06. The zero-order chi connectivity index (χ0) is 17.9. The topological polar surface area (TPSA) is 74.3 Å². The second-order valence-corrected chi connectivity index (χ2v) is 6.91. The minimum atomic E-state index is -0.0436. The molecule has 134 valence electrons. The Bertz CT molecular complexity index is 818. The van der Waals surface area contributed by atoms with E-state index in [4.69, 9.17) is 0 Å². The van der Waals surface area contributed by atoms with E-state index in [1.165, 1.54) is 12.8 Å². The number of anilines is 2. The van der Waals surface area contributed by atoms with E-state index in [0.717, 1.165) is 35.8 Å². The van der Waals surface area contributed by atoms with Crippen LogP contribution in [0.2, 0.25) is 0 Å². The first-order chi connectivity index (χ1) is 12.7. The molecule has 0 bridgehead atoms. The standard InChI is InChI=1S/C20H22N4O2/c25-19(13-22-11-14-3-4-14)23-17-5-6-18-15(10-17)7-9-24(18)20(26)16-2-1-8-21-12-16/h1-2,5-6,8,10,12,14,22H,3-4,7,9,11,13H2,(H,23,25). The van der Waals surface area contributed by atoms with Gasteiger partial charge in [-0.3, -0.25) is 14.6 Å². The third-order valence-corrected chi connectivity index (χ3v) is 4.83. The van der Waals surface area contributed by atoms with Gasteiger partial charge in [0.2, 0.25) is 5.91 Å². The molecular weight excluding hydrogens is 328 g/mol. The Kier molecular flexibility index (Phi) is 4.67. The van der Waals surface area contributed by atoms with Crippen molar-refractivity contribution in [2.24, 2.45) is 5.92 Å². The van der Waals surface area contributed by atoms with Gasteiger partial charge in [0.15, 0.2) is 0 Å². The summed E-state index contributed by atoms with van der Waals surface area (Å²) < 4.78 is 0. The molecule has 6 heteroatoms. The molecule has 26 heavy (non-hydrogen) atoms. The van der Waals surface area contributed by atoms with Crippen molar-refractivity contribution in [2.75, 3.05) is 29.9 Å². The van der Waals surface area contributed by atoms with E-state index >= 15 is 0 Å². The molecule has 2 amide bonds. The Morgan fingerprint density at radius 1 is 1.23 bits per heavy atom. The van der Waals surface area contributed by atoms with E-state index in [1.54, 1.807) is 29.4 Å². The van der Waals surface area contributed by atoms with Crippen LogP contribution in [0.4, 0.5) is 11.4 Å². The van der Waals surface area contributed by atoms with Crippen LogP contribution in [0, 0.1) is 5.92 Å². The van der Waals surface area contributed by atoms with Crippen molar-refractivity contribution in [1.29, 1.82) is 0 Å². The quantitative estimate of drug-likeness (QED) is 0.838. The first kappa shape index (κ1) is 16.7. The lowest BCUT2D eigenvalue weighted by Crippen LogP contribution is -2.29. The van der Waals surface area contributed by atoms with Crippen LogP contribution in [-0.2, 0) is 11.2 Å². The summed E-state index contributed by atoms with van der Waals surface area (Å²) >= 11 is 0. The van der Waals surface area contributed by atoms with E-state index in [9.17, 15) is 9.59 Å². The number of benzene rings is 1. The van der Waals surface area contributed by atoms with Crippen LogP contribution in [0.3, 0.4) is 0 Å². The first-order valence-corrected chi connectivity index (χ1v) is 9.06. The molecule has 2 N–H and O–H groups in total. The summed E-state index contributed by atoms with van der Waals surface area (Å²) in [6.07, 6.45) is 6.57. The molecule has 1 aliphatic carbocycles. The number of nitrogens with zero attached hydrogens (tertiary/aromatic N) is 2. The van der Waals surface area contributed by atoms with Crippen LogP contribution in [-0.4, -0.2) is 36.4 Å². The summed E-state index contributed by atoms with van der Waals surface area (Å²) in [5.74, 6) is 0.677. The van der Waals surface area contributed by atoms with Gasteiger partial charge in [-0.2, -0.15) is 0 Å². The van der Waals surface area contributed by atoms with Crippen molar-refractivity contribution >= 4 is 23.2 Å². The summed E-state index contributed by atoms with van der Waals surface area (Å²) in [5, 5.41) is 6.12. The number of hydrogen-bond acceptors (Lipinski definition) is 4.